The fourth-order valence-electron chi connectivity index (χ4n) is 3.95. The van der Waals surface area contributed by atoms with Gasteiger partial charge in [0.25, 0.3) is 0 Å². The largest absolute Gasteiger partial charge is 0.446 e. The zero-order valence-corrected chi connectivity index (χ0v) is 21.1. The van der Waals surface area contributed by atoms with E-state index in [1.54, 1.807) is 27.7 Å². The van der Waals surface area contributed by atoms with E-state index < -0.39 is 11.2 Å². The van der Waals surface area contributed by atoms with Crippen molar-refractivity contribution in [3.8, 4) is 11.8 Å². The van der Waals surface area contributed by atoms with Gasteiger partial charge >= 0.3 is 11.9 Å². The molecule has 0 saturated heterocycles. The average Bonchev–Trinajstić information content (AvgIpc) is 3.60. The van der Waals surface area contributed by atoms with Crippen molar-refractivity contribution in [3.05, 3.63) is 0 Å². The SMILES string of the molecule is CC(C)(C#CC(C)(C)OC(=O)CCCCCCC1CC1)OC(=O)CCCCCCC1CC1. The molecule has 4 nitrogen and oxygen atoms in total. The van der Waals surface area contributed by atoms with Crippen molar-refractivity contribution < 1.29 is 19.1 Å². The first-order valence-electron chi connectivity index (χ1n) is 13.1. The van der Waals surface area contributed by atoms with E-state index in [0.717, 1.165) is 37.5 Å². The highest BCUT2D eigenvalue weighted by Gasteiger charge is 2.24. The van der Waals surface area contributed by atoms with Crippen LogP contribution in [0.25, 0.3) is 0 Å². The molecule has 2 rings (SSSR count). The molecule has 182 valence electrons. The molecule has 2 saturated carbocycles. The Morgan fingerprint density at radius 3 is 1.31 bits per heavy atom. The summed E-state index contributed by atoms with van der Waals surface area (Å²) in [6.45, 7) is 7.14. The van der Waals surface area contributed by atoms with Gasteiger partial charge in [-0.25, -0.2) is 0 Å². The van der Waals surface area contributed by atoms with Gasteiger partial charge in [-0.05, 0) is 52.4 Å². The van der Waals surface area contributed by atoms with Crippen molar-refractivity contribution in [2.24, 2.45) is 11.8 Å². The van der Waals surface area contributed by atoms with Gasteiger partial charge in [-0.3, -0.25) is 9.59 Å². The number of ether oxygens (including phenoxy) is 2. The molecule has 0 radical (unpaired) electrons. The van der Waals surface area contributed by atoms with E-state index in [1.165, 1.54) is 64.2 Å². The lowest BCUT2D eigenvalue weighted by Crippen LogP contribution is -2.30. The van der Waals surface area contributed by atoms with E-state index in [9.17, 15) is 9.59 Å². The third kappa shape index (κ3) is 13.8. The number of unbranched alkanes of at least 4 members (excludes halogenated alkanes) is 6. The van der Waals surface area contributed by atoms with Gasteiger partial charge < -0.3 is 9.47 Å². The summed E-state index contributed by atoms with van der Waals surface area (Å²) in [4.78, 5) is 24.3. The highest BCUT2D eigenvalue weighted by Crippen LogP contribution is 2.34. The number of hydrogen-bond donors (Lipinski definition) is 0. The lowest BCUT2D eigenvalue weighted by molar-refractivity contribution is -0.153. The molecular formula is C28H46O4. The fraction of sp³-hybridized carbons (Fsp3) is 0.857. The molecule has 0 N–H and O–H groups in total. The molecule has 2 fully saturated rings. The predicted molar refractivity (Wildman–Crippen MR) is 129 cm³/mol. The second-order valence-corrected chi connectivity index (χ2v) is 11.0. The summed E-state index contributed by atoms with van der Waals surface area (Å²) in [7, 11) is 0. The topological polar surface area (TPSA) is 52.6 Å². The van der Waals surface area contributed by atoms with Crippen LogP contribution >= 0.6 is 0 Å². The Hall–Kier alpha value is -1.50. The van der Waals surface area contributed by atoms with Crippen LogP contribution in [0.15, 0.2) is 0 Å². The van der Waals surface area contributed by atoms with Crippen molar-refractivity contribution in [2.75, 3.05) is 0 Å². The molecule has 0 aliphatic heterocycles. The van der Waals surface area contributed by atoms with Crippen molar-refractivity contribution in [2.45, 2.75) is 142 Å². The van der Waals surface area contributed by atoms with Gasteiger partial charge in [0.2, 0.25) is 0 Å². The number of rotatable bonds is 16. The average molecular weight is 447 g/mol. The van der Waals surface area contributed by atoms with E-state index in [0.29, 0.717) is 12.8 Å². The van der Waals surface area contributed by atoms with E-state index in [2.05, 4.69) is 11.8 Å². The summed E-state index contributed by atoms with van der Waals surface area (Å²) in [5, 5.41) is 0. The molecule has 0 unspecified atom stereocenters. The summed E-state index contributed by atoms with van der Waals surface area (Å²) in [5.41, 5.74) is -1.79. The molecule has 0 amide bonds. The summed E-state index contributed by atoms with van der Waals surface area (Å²) in [6, 6.07) is 0. The van der Waals surface area contributed by atoms with E-state index >= 15 is 0 Å². The van der Waals surface area contributed by atoms with Gasteiger partial charge in [0.1, 0.15) is 0 Å². The Labute approximate surface area is 196 Å². The van der Waals surface area contributed by atoms with Crippen LogP contribution in [0.4, 0.5) is 0 Å². The van der Waals surface area contributed by atoms with Crippen molar-refractivity contribution in [1.82, 2.24) is 0 Å². The van der Waals surface area contributed by atoms with Crippen LogP contribution in [-0.4, -0.2) is 23.1 Å². The van der Waals surface area contributed by atoms with Crippen LogP contribution in [0, 0.1) is 23.7 Å². The van der Waals surface area contributed by atoms with Crippen LogP contribution in [0.2, 0.25) is 0 Å². The van der Waals surface area contributed by atoms with Crippen LogP contribution in [0.1, 0.15) is 130 Å². The minimum Gasteiger partial charge on any atom is -0.446 e. The zero-order chi connectivity index (χ0) is 23.5. The van der Waals surface area contributed by atoms with Crippen molar-refractivity contribution in [3.63, 3.8) is 0 Å². The predicted octanol–water partition coefficient (Wildman–Crippen LogP) is 7.13. The maximum atomic E-state index is 12.2. The lowest BCUT2D eigenvalue weighted by atomic mass is 10.1. The molecule has 0 aromatic heterocycles. The van der Waals surface area contributed by atoms with Crippen LogP contribution < -0.4 is 0 Å². The summed E-state index contributed by atoms with van der Waals surface area (Å²) < 4.78 is 11.1. The first-order chi connectivity index (χ1) is 15.2. The second-order valence-electron chi connectivity index (χ2n) is 11.0. The number of carbonyl (C=O) groups excluding carboxylic acids is 2. The normalized spacial score (nSPS) is 16.2. The number of hydrogen-bond acceptors (Lipinski definition) is 4. The standard InChI is InChI=1S/C28H46O4/c1-27(2,31-25(29)15-11-7-5-9-13-23-17-18-23)21-22-28(3,4)32-26(30)16-12-8-6-10-14-24-19-20-24/h23-24H,5-20H2,1-4H3. The van der Waals surface area contributed by atoms with Gasteiger partial charge in [0.15, 0.2) is 11.2 Å². The Kier molecular flexibility index (Phi) is 11.1. The molecule has 4 heteroatoms. The molecule has 0 heterocycles. The molecule has 32 heavy (non-hydrogen) atoms. The van der Waals surface area contributed by atoms with Crippen LogP contribution in [0.5, 0.6) is 0 Å². The maximum absolute atomic E-state index is 12.2. The number of esters is 2. The third-order valence-corrected chi connectivity index (χ3v) is 6.28. The van der Waals surface area contributed by atoms with Crippen LogP contribution in [0.3, 0.4) is 0 Å². The van der Waals surface area contributed by atoms with Gasteiger partial charge in [0, 0.05) is 12.8 Å². The second kappa shape index (κ2) is 13.3. The molecule has 0 bridgehead atoms. The van der Waals surface area contributed by atoms with E-state index in [-0.39, 0.29) is 11.9 Å². The Morgan fingerprint density at radius 1 is 0.625 bits per heavy atom. The van der Waals surface area contributed by atoms with Gasteiger partial charge in [-0.1, -0.05) is 88.9 Å². The molecule has 2 aliphatic rings. The first-order valence-corrected chi connectivity index (χ1v) is 13.1. The van der Waals surface area contributed by atoms with Gasteiger partial charge in [-0.2, -0.15) is 0 Å². The summed E-state index contributed by atoms with van der Waals surface area (Å²) in [6.07, 6.45) is 18.1. The summed E-state index contributed by atoms with van der Waals surface area (Å²) >= 11 is 0. The first kappa shape index (κ1) is 26.7. The molecule has 0 atom stereocenters. The lowest BCUT2D eigenvalue weighted by Gasteiger charge is -2.22. The molecule has 0 spiro atoms. The highest BCUT2D eigenvalue weighted by atomic mass is 16.6. The number of carbonyl (C=O) groups is 2. The van der Waals surface area contributed by atoms with Crippen molar-refractivity contribution >= 4 is 11.9 Å². The van der Waals surface area contributed by atoms with E-state index in [4.69, 9.17) is 9.47 Å². The molecular weight excluding hydrogens is 400 g/mol. The molecule has 2 aliphatic carbocycles. The Morgan fingerprint density at radius 2 is 0.969 bits per heavy atom. The third-order valence-electron chi connectivity index (χ3n) is 6.28. The quantitative estimate of drug-likeness (QED) is 0.144. The van der Waals surface area contributed by atoms with Gasteiger partial charge in [0.05, 0.1) is 0 Å². The van der Waals surface area contributed by atoms with Gasteiger partial charge in [-0.15, -0.1) is 0 Å². The summed E-state index contributed by atoms with van der Waals surface area (Å²) in [5.74, 6) is 7.56. The molecule has 0 aromatic carbocycles. The minimum atomic E-state index is -0.895. The maximum Gasteiger partial charge on any atom is 0.307 e. The monoisotopic (exact) mass is 446 g/mol. The zero-order valence-electron chi connectivity index (χ0n) is 21.1. The van der Waals surface area contributed by atoms with Crippen LogP contribution in [-0.2, 0) is 19.1 Å². The smallest absolute Gasteiger partial charge is 0.307 e. The Bertz CT molecular complexity index is 590. The fourth-order valence-corrected chi connectivity index (χ4v) is 3.95. The van der Waals surface area contributed by atoms with Crippen molar-refractivity contribution in [1.29, 1.82) is 0 Å². The Balaban J connectivity index is 1.57. The molecule has 0 aromatic rings. The minimum absolute atomic E-state index is 0.206. The highest BCUT2D eigenvalue weighted by molar-refractivity contribution is 5.71. The van der Waals surface area contributed by atoms with E-state index in [1.807, 2.05) is 0 Å².